The van der Waals surface area contributed by atoms with Crippen LogP contribution in [-0.4, -0.2) is 14.2 Å². The maximum absolute atomic E-state index is 11.0. The van der Waals surface area contributed by atoms with Gasteiger partial charge in [-0.25, -0.2) is 4.57 Å². The second-order valence-corrected chi connectivity index (χ2v) is 4.17. The Kier molecular flexibility index (Phi) is 14.1. The first-order chi connectivity index (χ1) is 5.04. The molecule has 4 nitrogen and oxygen atoms in total. The van der Waals surface area contributed by atoms with Gasteiger partial charge in [0.2, 0.25) is 0 Å². The second kappa shape index (κ2) is 9.41. The molecule has 0 aromatic rings. The Morgan fingerprint density at radius 2 is 1.62 bits per heavy atom. The van der Waals surface area contributed by atoms with E-state index < -0.39 is 7.82 Å². The summed E-state index contributed by atoms with van der Waals surface area (Å²) in [5.41, 5.74) is 0. The molecule has 0 spiro atoms. The highest BCUT2D eigenvalue weighted by atomic mass is 35.5. The van der Waals surface area contributed by atoms with E-state index in [1.807, 2.05) is 0 Å². The monoisotopic (exact) mass is 292 g/mol. The van der Waals surface area contributed by atoms with Crippen molar-refractivity contribution in [3.8, 4) is 0 Å². The molecule has 0 rings (SSSR count). The fraction of sp³-hybridized carbons (Fsp3) is 0.500. The van der Waals surface area contributed by atoms with Crippen molar-refractivity contribution in [1.82, 2.24) is 0 Å². The van der Waals surface area contributed by atoms with Crippen molar-refractivity contribution < 1.29 is 18.1 Å². The molecule has 0 fully saturated rings. The third kappa shape index (κ3) is 9.16. The minimum absolute atomic E-state index is 0. The van der Waals surface area contributed by atoms with Crippen LogP contribution < -0.4 is 0 Å². The van der Waals surface area contributed by atoms with Gasteiger partial charge >= 0.3 is 7.82 Å². The summed E-state index contributed by atoms with van der Waals surface area (Å²) in [4.78, 5) is 0. The Bertz CT molecular complexity index is 185. The third-order valence-electron chi connectivity index (χ3n) is 0.718. The predicted octanol–water partition coefficient (Wildman–Crippen LogP) is 3.52. The number of rotatable bonds is 4. The SMILES string of the molecule is COP(=O)(OC)OC=C(Cl)Cl.Cl.Cl. The maximum atomic E-state index is 11.0. The fourth-order valence-corrected chi connectivity index (χ4v) is 1.03. The van der Waals surface area contributed by atoms with Gasteiger partial charge in [-0.1, -0.05) is 23.2 Å². The standard InChI is InChI=1S/C4H7Cl2O4P.2ClH/c1-8-11(7,9-2)10-3-4(5)6;;/h3H,1-2H3;2*1H. The summed E-state index contributed by atoms with van der Waals surface area (Å²) in [6.45, 7) is 0. The summed E-state index contributed by atoms with van der Waals surface area (Å²) >= 11 is 10.3. The van der Waals surface area contributed by atoms with Crippen molar-refractivity contribution >= 4 is 55.8 Å². The van der Waals surface area contributed by atoms with E-state index in [0.717, 1.165) is 6.26 Å². The summed E-state index contributed by atoms with van der Waals surface area (Å²) in [7, 11) is -1.12. The molecule has 0 radical (unpaired) electrons. The largest absolute Gasteiger partial charge is 0.529 e. The molecule has 0 amide bonds. The highest BCUT2D eigenvalue weighted by Gasteiger charge is 2.22. The van der Waals surface area contributed by atoms with Gasteiger partial charge in [-0.2, -0.15) is 0 Å². The summed E-state index contributed by atoms with van der Waals surface area (Å²) in [6.07, 6.45) is 0.872. The molecule has 9 heteroatoms. The van der Waals surface area contributed by atoms with Crippen LogP contribution in [0.5, 0.6) is 0 Å². The Morgan fingerprint density at radius 1 is 1.23 bits per heavy atom. The molecule has 0 saturated carbocycles. The molecule has 0 unspecified atom stereocenters. The first-order valence-electron chi connectivity index (χ1n) is 2.45. The molecule has 82 valence electrons. The minimum Gasteiger partial charge on any atom is -0.409 e. The molecule has 13 heavy (non-hydrogen) atoms. The molecule has 0 atom stereocenters. The van der Waals surface area contributed by atoms with Crippen LogP contribution >= 0.6 is 55.8 Å². The molecule has 0 aliphatic carbocycles. The van der Waals surface area contributed by atoms with E-state index in [2.05, 4.69) is 13.6 Å². The van der Waals surface area contributed by atoms with Crippen LogP contribution in [0.1, 0.15) is 0 Å². The molecule has 0 aromatic heterocycles. The molecular formula is C4H9Cl4O4P. The maximum Gasteiger partial charge on any atom is 0.529 e. The second-order valence-electron chi connectivity index (χ2n) is 1.33. The number of phosphoric acid groups is 1. The van der Waals surface area contributed by atoms with Crippen molar-refractivity contribution in [2.24, 2.45) is 0 Å². The average molecular weight is 294 g/mol. The highest BCUT2D eigenvalue weighted by molar-refractivity contribution is 7.48. The molecule has 0 heterocycles. The lowest BCUT2D eigenvalue weighted by Gasteiger charge is -2.10. The lowest BCUT2D eigenvalue weighted by atomic mass is 11.2. The zero-order valence-electron chi connectivity index (χ0n) is 6.73. The van der Waals surface area contributed by atoms with E-state index in [4.69, 9.17) is 23.2 Å². The number of hydrogen-bond donors (Lipinski definition) is 0. The van der Waals surface area contributed by atoms with Crippen LogP contribution in [0.4, 0.5) is 0 Å². The molecular weight excluding hydrogens is 285 g/mol. The van der Waals surface area contributed by atoms with Gasteiger partial charge in [0.05, 0.1) is 0 Å². The first kappa shape index (κ1) is 19.4. The van der Waals surface area contributed by atoms with Crippen molar-refractivity contribution in [1.29, 1.82) is 0 Å². The molecule has 0 N–H and O–H groups in total. The van der Waals surface area contributed by atoms with Gasteiger partial charge in [-0.15, -0.1) is 24.8 Å². The third-order valence-corrected chi connectivity index (χ3v) is 2.15. The number of hydrogen-bond acceptors (Lipinski definition) is 4. The summed E-state index contributed by atoms with van der Waals surface area (Å²) in [6, 6.07) is 0. The van der Waals surface area contributed by atoms with Crippen LogP contribution in [0.15, 0.2) is 10.8 Å². The van der Waals surface area contributed by atoms with Crippen LogP contribution in [-0.2, 0) is 18.1 Å². The van der Waals surface area contributed by atoms with E-state index >= 15 is 0 Å². The van der Waals surface area contributed by atoms with Crippen molar-refractivity contribution in [3.63, 3.8) is 0 Å². The van der Waals surface area contributed by atoms with Gasteiger partial charge < -0.3 is 4.52 Å². The normalized spacial score (nSPS) is 9.23. The van der Waals surface area contributed by atoms with Gasteiger partial charge in [0.25, 0.3) is 0 Å². The minimum atomic E-state index is -3.48. The number of halogens is 4. The molecule has 0 bridgehead atoms. The quantitative estimate of drug-likeness (QED) is 0.587. The van der Waals surface area contributed by atoms with E-state index in [9.17, 15) is 4.57 Å². The molecule has 0 aliphatic heterocycles. The van der Waals surface area contributed by atoms with Crippen LogP contribution in [0.3, 0.4) is 0 Å². The summed E-state index contributed by atoms with van der Waals surface area (Å²) < 4.78 is 24.1. The average Bonchev–Trinajstić information content (AvgIpc) is 2.00. The zero-order valence-corrected chi connectivity index (χ0v) is 10.8. The van der Waals surface area contributed by atoms with E-state index in [1.54, 1.807) is 0 Å². The van der Waals surface area contributed by atoms with Gasteiger partial charge in [0.1, 0.15) is 10.8 Å². The van der Waals surface area contributed by atoms with Crippen LogP contribution in [0, 0.1) is 0 Å². The van der Waals surface area contributed by atoms with Crippen LogP contribution in [0.2, 0.25) is 0 Å². The topological polar surface area (TPSA) is 44.8 Å². The van der Waals surface area contributed by atoms with Gasteiger partial charge in [-0.05, 0) is 0 Å². The van der Waals surface area contributed by atoms with Crippen molar-refractivity contribution in [3.05, 3.63) is 10.8 Å². The summed E-state index contributed by atoms with van der Waals surface area (Å²) in [5, 5.41) is 0. The Balaban J connectivity index is -0.000000500. The van der Waals surface area contributed by atoms with E-state index in [-0.39, 0.29) is 29.3 Å². The lowest BCUT2D eigenvalue weighted by Crippen LogP contribution is -1.88. The summed E-state index contributed by atoms with van der Waals surface area (Å²) in [5.74, 6) is 0. The Labute approximate surface area is 98.9 Å². The number of phosphoric ester groups is 1. The Hall–Kier alpha value is 0.850. The smallest absolute Gasteiger partial charge is 0.409 e. The van der Waals surface area contributed by atoms with E-state index in [1.165, 1.54) is 14.2 Å². The molecule has 0 aliphatic rings. The van der Waals surface area contributed by atoms with Gasteiger partial charge in [-0.3, -0.25) is 9.05 Å². The van der Waals surface area contributed by atoms with Gasteiger partial charge in [0, 0.05) is 14.2 Å². The van der Waals surface area contributed by atoms with E-state index in [0.29, 0.717) is 0 Å². The molecule has 0 aromatic carbocycles. The zero-order chi connectivity index (χ0) is 8.91. The fourth-order valence-electron chi connectivity index (χ4n) is 0.265. The predicted molar refractivity (Wildman–Crippen MR) is 57.0 cm³/mol. The highest BCUT2D eigenvalue weighted by Crippen LogP contribution is 2.48. The van der Waals surface area contributed by atoms with Crippen molar-refractivity contribution in [2.45, 2.75) is 0 Å². The first-order valence-corrected chi connectivity index (χ1v) is 4.67. The molecule has 0 saturated heterocycles. The van der Waals surface area contributed by atoms with Gasteiger partial charge in [0.15, 0.2) is 0 Å². The lowest BCUT2D eigenvalue weighted by molar-refractivity contribution is 0.194. The van der Waals surface area contributed by atoms with Crippen LogP contribution in [0.25, 0.3) is 0 Å². The van der Waals surface area contributed by atoms with Crippen molar-refractivity contribution in [2.75, 3.05) is 14.2 Å². The Morgan fingerprint density at radius 3 is 1.85 bits per heavy atom.